The van der Waals surface area contributed by atoms with Crippen LogP contribution in [0.25, 0.3) is 5.76 Å². The van der Waals surface area contributed by atoms with E-state index in [2.05, 4.69) is 10.2 Å². The van der Waals surface area contributed by atoms with Crippen LogP contribution in [-0.2, 0) is 21.8 Å². The van der Waals surface area contributed by atoms with Crippen molar-refractivity contribution in [1.29, 1.82) is 0 Å². The highest BCUT2D eigenvalue weighted by Crippen LogP contribution is 2.45. The van der Waals surface area contributed by atoms with E-state index in [-0.39, 0.29) is 22.3 Å². The number of rotatable bonds is 7. The molecule has 1 amide bonds. The van der Waals surface area contributed by atoms with Crippen LogP contribution in [0.1, 0.15) is 35.2 Å². The Morgan fingerprint density at radius 1 is 1.05 bits per heavy atom. The van der Waals surface area contributed by atoms with Gasteiger partial charge in [0.25, 0.3) is 5.78 Å². The standard InChI is InChI=1S/C30H24FN3O5S2/c1-2-17-7-9-18(10-8-17)25-24(26(35)19-11-12-22-23(15-19)39-14-13-38-22)27(36)28(37)34(25)29-32-33-30(41-29)40-16-20-5-3-4-6-21(20)31/h3-12,15,25,35H,2,13-14,16H2,1H3/b26-24+. The summed E-state index contributed by atoms with van der Waals surface area (Å²) < 4.78 is 25.8. The molecule has 6 rings (SSSR count). The first-order valence-electron chi connectivity index (χ1n) is 12.9. The third-order valence-corrected chi connectivity index (χ3v) is 8.98. The molecule has 4 aromatic rings. The predicted molar refractivity (Wildman–Crippen MR) is 154 cm³/mol. The Labute approximate surface area is 243 Å². The van der Waals surface area contributed by atoms with Crippen LogP contribution in [0.15, 0.2) is 76.6 Å². The first-order chi connectivity index (χ1) is 19.9. The number of nitrogens with zero attached hydrogens (tertiary/aromatic N) is 3. The summed E-state index contributed by atoms with van der Waals surface area (Å²) in [7, 11) is 0. The number of ketones is 1. The van der Waals surface area contributed by atoms with E-state index in [0.29, 0.717) is 51.5 Å². The van der Waals surface area contributed by atoms with Gasteiger partial charge in [-0.25, -0.2) is 4.39 Å². The highest BCUT2D eigenvalue weighted by Gasteiger charge is 2.48. The fourth-order valence-electron chi connectivity index (χ4n) is 4.74. The van der Waals surface area contributed by atoms with Crippen molar-refractivity contribution in [1.82, 2.24) is 10.2 Å². The van der Waals surface area contributed by atoms with Gasteiger partial charge in [0.15, 0.2) is 15.8 Å². The molecule has 0 aliphatic carbocycles. The van der Waals surface area contributed by atoms with E-state index in [1.54, 1.807) is 36.4 Å². The molecule has 2 aliphatic rings. The van der Waals surface area contributed by atoms with Gasteiger partial charge in [0.1, 0.15) is 24.8 Å². The van der Waals surface area contributed by atoms with E-state index in [1.165, 1.54) is 22.7 Å². The van der Waals surface area contributed by atoms with E-state index in [1.807, 2.05) is 31.2 Å². The maximum Gasteiger partial charge on any atom is 0.301 e. The highest BCUT2D eigenvalue weighted by atomic mass is 32.2. The Hall–Kier alpha value is -4.22. The van der Waals surface area contributed by atoms with Crippen LogP contribution in [0.3, 0.4) is 0 Å². The highest BCUT2D eigenvalue weighted by molar-refractivity contribution is 8.00. The number of ether oxygens (including phenoxy) is 2. The summed E-state index contributed by atoms with van der Waals surface area (Å²) in [6.45, 7) is 2.81. The summed E-state index contributed by atoms with van der Waals surface area (Å²) in [5.74, 6) is -0.996. The summed E-state index contributed by atoms with van der Waals surface area (Å²) in [4.78, 5) is 28.3. The van der Waals surface area contributed by atoms with Crippen molar-refractivity contribution in [3.63, 3.8) is 0 Å². The normalized spacial score (nSPS) is 17.7. The molecule has 41 heavy (non-hydrogen) atoms. The van der Waals surface area contributed by atoms with Crippen LogP contribution in [0.4, 0.5) is 9.52 Å². The van der Waals surface area contributed by atoms with Crippen molar-refractivity contribution in [2.24, 2.45) is 0 Å². The second kappa shape index (κ2) is 11.3. The zero-order valence-corrected chi connectivity index (χ0v) is 23.5. The van der Waals surface area contributed by atoms with Crippen LogP contribution in [-0.4, -0.2) is 40.2 Å². The summed E-state index contributed by atoms with van der Waals surface area (Å²) >= 11 is 2.41. The number of aliphatic hydroxyl groups is 1. The molecule has 8 nitrogen and oxygen atoms in total. The van der Waals surface area contributed by atoms with Crippen molar-refractivity contribution >= 4 is 45.7 Å². The number of carbonyl (C=O) groups excluding carboxylic acids is 2. The number of fused-ring (bicyclic) bond motifs is 1. The average molecular weight is 590 g/mol. The minimum absolute atomic E-state index is 0.0633. The lowest BCUT2D eigenvalue weighted by molar-refractivity contribution is -0.132. The fraction of sp³-hybridized carbons (Fsp3) is 0.200. The summed E-state index contributed by atoms with van der Waals surface area (Å²) in [5, 5.41) is 20.1. The second-order valence-electron chi connectivity index (χ2n) is 9.35. The van der Waals surface area contributed by atoms with Crippen molar-refractivity contribution in [2.75, 3.05) is 18.1 Å². The summed E-state index contributed by atoms with van der Waals surface area (Å²) in [6, 6.07) is 17.9. The number of hydrogen-bond acceptors (Lipinski definition) is 9. The van der Waals surface area contributed by atoms with E-state index in [9.17, 15) is 19.1 Å². The Kier molecular flexibility index (Phi) is 7.46. The first kappa shape index (κ1) is 27.0. The number of anilines is 1. The second-order valence-corrected chi connectivity index (χ2v) is 11.5. The number of aryl methyl sites for hydroxylation is 1. The molecule has 208 valence electrons. The molecule has 1 fully saturated rings. The van der Waals surface area contributed by atoms with E-state index < -0.39 is 17.7 Å². The lowest BCUT2D eigenvalue weighted by Gasteiger charge is -2.23. The summed E-state index contributed by atoms with van der Waals surface area (Å²) in [5.41, 5.74) is 2.49. The van der Waals surface area contributed by atoms with Gasteiger partial charge in [-0.1, -0.05) is 72.5 Å². The smallest absolute Gasteiger partial charge is 0.301 e. The molecule has 1 saturated heterocycles. The molecule has 1 unspecified atom stereocenters. The molecule has 2 aliphatic heterocycles. The van der Waals surface area contributed by atoms with Gasteiger partial charge < -0.3 is 14.6 Å². The van der Waals surface area contributed by atoms with Crippen LogP contribution in [0, 0.1) is 5.82 Å². The Morgan fingerprint density at radius 3 is 2.56 bits per heavy atom. The minimum Gasteiger partial charge on any atom is -0.507 e. The Morgan fingerprint density at radius 2 is 1.80 bits per heavy atom. The lowest BCUT2D eigenvalue weighted by atomic mass is 9.94. The topological polar surface area (TPSA) is 102 Å². The minimum atomic E-state index is -0.938. The number of carbonyl (C=O) groups is 2. The van der Waals surface area contributed by atoms with Gasteiger partial charge in [-0.05, 0) is 47.4 Å². The monoisotopic (exact) mass is 589 g/mol. The molecule has 3 heterocycles. The first-order valence-corrected chi connectivity index (χ1v) is 14.7. The number of aliphatic hydroxyl groups excluding tert-OH is 1. The van der Waals surface area contributed by atoms with Crippen molar-refractivity contribution in [3.05, 3.63) is 100 Å². The quantitative estimate of drug-likeness (QED) is 0.0931. The molecule has 11 heteroatoms. The van der Waals surface area contributed by atoms with Gasteiger partial charge in [-0.2, -0.15) is 0 Å². The van der Waals surface area contributed by atoms with Gasteiger partial charge in [0, 0.05) is 11.3 Å². The van der Waals surface area contributed by atoms with Gasteiger partial charge >= 0.3 is 5.91 Å². The Bertz CT molecular complexity index is 1670. The van der Waals surface area contributed by atoms with Gasteiger partial charge in [0.2, 0.25) is 5.13 Å². The number of halogens is 1. The van der Waals surface area contributed by atoms with E-state index >= 15 is 0 Å². The molecule has 1 aromatic heterocycles. The number of amides is 1. The third-order valence-electron chi connectivity index (χ3n) is 6.87. The lowest BCUT2D eigenvalue weighted by Crippen LogP contribution is -2.29. The zero-order valence-electron chi connectivity index (χ0n) is 21.9. The van der Waals surface area contributed by atoms with Crippen molar-refractivity contribution in [2.45, 2.75) is 29.5 Å². The molecular weight excluding hydrogens is 565 g/mol. The Balaban J connectivity index is 1.39. The van der Waals surface area contributed by atoms with Crippen LogP contribution >= 0.6 is 23.1 Å². The SMILES string of the molecule is CCc1ccc(C2/C(=C(\O)c3ccc4c(c3)OCCO4)C(=O)C(=O)N2c2nnc(SCc3ccccc3F)s2)cc1. The third kappa shape index (κ3) is 5.18. The molecule has 1 atom stereocenters. The number of Topliss-reactive ketones (excluding diaryl/α,β-unsaturated/α-hetero) is 1. The van der Waals surface area contributed by atoms with E-state index in [0.717, 1.165) is 23.3 Å². The molecule has 0 radical (unpaired) electrons. The van der Waals surface area contributed by atoms with E-state index in [4.69, 9.17) is 9.47 Å². The van der Waals surface area contributed by atoms with Gasteiger partial charge in [-0.15, -0.1) is 10.2 Å². The van der Waals surface area contributed by atoms with Gasteiger partial charge in [0.05, 0.1) is 11.6 Å². The molecule has 0 spiro atoms. The molecule has 0 saturated carbocycles. The summed E-state index contributed by atoms with van der Waals surface area (Å²) in [6.07, 6.45) is 0.816. The van der Waals surface area contributed by atoms with Crippen LogP contribution in [0.5, 0.6) is 11.5 Å². The van der Waals surface area contributed by atoms with Crippen LogP contribution < -0.4 is 14.4 Å². The van der Waals surface area contributed by atoms with Crippen LogP contribution in [0.2, 0.25) is 0 Å². The molecule has 0 bridgehead atoms. The molecule has 1 N–H and O–H groups in total. The maximum absolute atomic E-state index is 14.1. The number of aromatic nitrogens is 2. The fourth-order valence-corrected chi connectivity index (χ4v) is 6.59. The number of hydrogen-bond donors (Lipinski definition) is 1. The average Bonchev–Trinajstić information content (AvgIpc) is 3.58. The number of benzene rings is 3. The molecule has 3 aromatic carbocycles. The predicted octanol–water partition coefficient (Wildman–Crippen LogP) is 5.93. The van der Waals surface area contributed by atoms with Crippen molar-refractivity contribution in [3.8, 4) is 11.5 Å². The largest absolute Gasteiger partial charge is 0.507 e. The maximum atomic E-state index is 14.1. The van der Waals surface area contributed by atoms with Gasteiger partial charge in [-0.3, -0.25) is 14.5 Å². The van der Waals surface area contributed by atoms with Crippen molar-refractivity contribution < 1.29 is 28.6 Å². The molecular formula is C30H24FN3O5S2. The number of thioether (sulfide) groups is 1. The zero-order chi connectivity index (χ0) is 28.5.